The monoisotopic (exact) mass is 591 g/mol. The van der Waals surface area contributed by atoms with Gasteiger partial charge in [-0.2, -0.15) is 0 Å². The molecule has 0 aliphatic heterocycles. The van der Waals surface area contributed by atoms with Crippen LogP contribution in [0.15, 0.2) is 30.3 Å². The SMILES string of the molecule is O=C(C[S+]([O-])C(F)(F)F)Nc1c(F)ccc(NC(=O)c2cc(NC(=O)C3CC3(Cl)Cl)ccc2Cl)c1F. The van der Waals surface area contributed by atoms with E-state index in [2.05, 4.69) is 10.6 Å². The maximum atomic E-state index is 14.8. The first-order chi connectivity index (χ1) is 16.6. The van der Waals surface area contributed by atoms with E-state index in [1.54, 1.807) is 5.32 Å². The highest BCUT2D eigenvalue weighted by Crippen LogP contribution is 2.53. The second-order valence-electron chi connectivity index (χ2n) is 7.42. The zero-order chi connectivity index (χ0) is 27.0. The predicted molar refractivity (Wildman–Crippen MR) is 125 cm³/mol. The lowest BCUT2D eigenvalue weighted by Crippen LogP contribution is -2.33. The molecule has 1 saturated carbocycles. The van der Waals surface area contributed by atoms with Crippen molar-refractivity contribution in [3.05, 3.63) is 52.6 Å². The third kappa shape index (κ3) is 6.71. The summed E-state index contributed by atoms with van der Waals surface area (Å²) in [6, 6.07) is 5.23. The van der Waals surface area contributed by atoms with Crippen molar-refractivity contribution in [1.82, 2.24) is 0 Å². The average Bonchev–Trinajstić information content (AvgIpc) is 3.42. The number of hydrogen-bond acceptors (Lipinski definition) is 4. The molecule has 0 heterocycles. The third-order valence-corrected chi connectivity index (χ3v) is 6.95. The van der Waals surface area contributed by atoms with Crippen LogP contribution in [0, 0.1) is 17.6 Å². The van der Waals surface area contributed by atoms with E-state index in [9.17, 15) is 40.9 Å². The number of benzene rings is 2. The van der Waals surface area contributed by atoms with Crippen molar-refractivity contribution >= 4 is 80.8 Å². The fraction of sp³-hybridized carbons (Fsp3) is 0.250. The Labute approximate surface area is 217 Å². The molecule has 1 aliphatic carbocycles. The van der Waals surface area contributed by atoms with Gasteiger partial charge in [0, 0.05) is 5.69 Å². The summed E-state index contributed by atoms with van der Waals surface area (Å²) in [7, 11) is 0. The first-order valence-electron chi connectivity index (χ1n) is 9.63. The summed E-state index contributed by atoms with van der Waals surface area (Å²) < 4.78 is 75.7. The van der Waals surface area contributed by atoms with Gasteiger partial charge in [0.15, 0.2) is 11.6 Å². The highest BCUT2D eigenvalue weighted by atomic mass is 35.5. The molecule has 2 aromatic carbocycles. The van der Waals surface area contributed by atoms with Crippen LogP contribution >= 0.6 is 34.8 Å². The maximum Gasteiger partial charge on any atom is 0.573 e. The first kappa shape index (κ1) is 28.3. The van der Waals surface area contributed by atoms with E-state index in [1.165, 1.54) is 18.2 Å². The molecule has 0 radical (unpaired) electrons. The standard InChI is InChI=1S/C20H13Cl3F5N3O4S/c21-11-2-1-8(29-18(34)10-6-19(10,22)23)5-9(11)17(33)30-13-4-3-12(24)16(15(13)25)31-14(32)7-36(35)20(26,27)28/h1-5,10H,6-7H2,(H,29,34)(H,30,33)(H,31,32). The minimum Gasteiger partial charge on any atom is -0.609 e. The topological polar surface area (TPSA) is 110 Å². The van der Waals surface area contributed by atoms with Crippen LogP contribution < -0.4 is 16.0 Å². The van der Waals surface area contributed by atoms with Crippen molar-refractivity contribution in [1.29, 1.82) is 0 Å². The molecular formula is C20H13Cl3F5N3O4S. The highest BCUT2D eigenvalue weighted by Gasteiger charge is 2.56. The molecule has 1 fully saturated rings. The summed E-state index contributed by atoms with van der Waals surface area (Å²) in [6.07, 6.45) is 0.234. The molecular weight excluding hydrogens is 580 g/mol. The highest BCUT2D eigenvalue weighted by molar-refractivity contribution is 7.92. The summed E-state index contributed by atoms with van der Waals surface area (Å²) in [6.45, 7) is 0. The second-order valence-corrected chi connectivity index (χ2v) is 10.8. The van der Waals surface area contributed by atoms with Gasteiger partial charge in [-0.25, -0.2) is 8.78 Å². The number of amides is 3. The molecule has 1 aliphatic rings. The van der Waals surface area contributed by atoms with Crippen LogP contribution in [0.2, 0.25) is 5.02 Å². The van der Waals surface area contributed by atoms with Gasteiger partial charge in [-0.1, -0.05) is 11.6 Å². The zero-order valence-corrected chi connectivity index (χ0v) is 20.5. The molecule has 0 saturated heterocycles. The summed E-state index contributed by atoms with van der Waals surface area (Å²) in [4.78, 5) is 36.5. The molecule has 7 nitrogen and oxygen atoms in total. The largest absolute Gasteiger partial charge is 0.609 e. The number of alkyl halides is 5. The van der Waals surface area contributed by atoms with Crippen LogP contribution in [-0.4, -0.2) is 37.9 Å². The molecule has 2 unspecified atom stereocenters. The predicted octanol–water partition coefficient (Wildman–Crippen LogP) is 5.21. The van der Waals surface area contributed by atoms with Crippen LogP contribution in [0.4, 0.5) is 39.0 Å². The van der Waals surface area contributed by atoms with E-state index >= 15 is 0 Å². The lowest BCUT2D eigenvalue weighted by Gasteiger charge is -2.15. The summed E-state index contributed by atoms with van der Waals surface area (Å²) >= 11 is 14.1. The Kier molecular flexibility index (Phi) is 8.30. The molecule has 3 rings (SSSR count). The smallest absolute Gasteiger partial charge is 0.573 e. The molecule has 2 aromatic rings. The van der Waals surface area contributed by atoms with Gasteiger partial charge >= 0.3 is 5.51 Å². The van der Waals surface area contributed by atoms with E-state index in [1.807, 2.05) is 0 Å². The molecule has 0 spiro atoms. The summed E-state index contributed by atoms with van der Waals surface area (Å²) in [5, 5.41) is 6.06. The maximum absolute atomic E-state index is 14.8. The number of hydrogen-bond donors (Lipinski definition) is 3. The minimum atomic E-state index is -5.20. The van der Waals surface area contributed by atoms with Crippen LogP contribution in [-0.2, 0) is 20.8 Å². The van der Waals surface area contributed by atoms with Crippen molar-refractivity contribution in [3.8, 4) is 0 Å². The van der Waals surface area contributed by atoms with Crippen LogP contribution in [0.5, 0.6) is 0 Å². The third-order valence-electron chi connectivity index (χ3n) is 4.75. The average molecular weight is 593 g/mol. The molecule has 3 amide bonds. The van der Waals surface area contributed by atoms with Crippen molar-refractivity contribution in [3.63, 3.8) is 0 Å². The Morgan fingerprint density at radius 3 is 2.31 bits per heavy atom. The van der Waals surface area contributed by atoms with Crippen molar-refractivity contribution in [2.45, 2.75) is 16.3 Å². The van der Waals surface area contributed by atoms with Crippen LogP contribution in [0.3, 0.4) is 0 Å². The van der Waals surface area contributed by atoms with E-state index in [-0.39, 0.29) is 22.7 Å². The summed E-state index contributed by atoms with van der Waals surface area (Å²) in [5.41, 5.74) is -7.13. The molecule has 0 bridgehead atoms. The van der Waals surface area contributed by atoms with E-state index < -0.39 is 73.4 Å². The summed E-state index contributed by atoms with van der Waals surface area (Å²) in [5.74, 6) is -8.24. The number of anilines is 3. The number of carbonyl (C=O) groups excluding carboxylic acids is 3. The van der Waals surface area contributed by atoms with Gasteiger partial charge < -0.3 is 20.5 Å². The van der Waals surface area contributed by atoms with Gasteiger partial charge in [0.05, 0.1) is 33.4 Å². The molecule has 194 valence electrons. The zero-order valence-electron chi connectivity index (χ0n) is 17.4. The van der Waals surface area contributed by atoms with Gasteiger partial charge in [-0.3, -0.25) is 14.4 Å². The Balaban J connectivity index is 1.75. The molecule has 2 atom stereocenters. The van der Waals surface area contributed by atoms with Crippen LogP contribution in [0.25, 0.3) is 0 Å². The Hall–Kier alpha value is -2.32. The normalized spacial score (nSPS) is 17.2. The fourth-order valence-electron chi connectivity index (χ4n) is 2.83. The first-order valence-corrected chi connectivity index (χ1v) is 12.1. The van der Waals surface area contributed by atoms with Crippen LogP contribution in [0.1, 0.15) is 16.8 Å². The lowest BCUT2D eigenvalue weighted by molar-refractivity contribution is -0.117. The molecule has 16 heteroatoms. The van der Waals surface area contributed by atoms with Gasteiger partial charge in [-0.05, 0) is 36.8 Å². The minimum absolute atomic E-state index is 0.105. The van der Waals surface area contributed by atoms with Gasteiger partial charge in [-0.15, -0.1) is 36.4 Å². The quantitative estimate of drug-likeness (QED) is 0.233. The Morgan fingerprint density at radius 2 is 1.72 bits per heavy atom. The number of carbonyl (C=O) groups is 3. The number of halogens is 8. The Morgan fingerprint density at radius 1 is 1.08 bits per heavy atom. The molecule has 0 aromatic heterocycles. The second kappa shape index (κ2) is 10.6. The van der Waals surface area contributed by atoms with Gasteiger partial charge in [0.1, 0.15) is 15.8 Å². The Bertz CT molecular complexity index is 1230. The van der Waals surface area contributed by atoms with E-state index in [0.717, 1.165) is 6.07 Å². The van der Waals surface area contributed by atoms with Gasteiger partial charge in [0.25, 0.3) is 11.8 Å². The fourth-order valence-corrected chi connectivity index (χ4v) is 4.02. The number of rotatable bonds is 7. The lowest BCUT2D eigenvalue weighted by atomic mass is 10.1. The van der Waals surface area contributed by atoms with Gasteiger partial charge in [0.2, 0.25) is 5.91 Å². The number of nitrogens with one attached hydrogen (secondary N) is 3. The van der Waals surface area contributed by atoms with E-state index in [0.29, 0.717) is 6.07 Å². The molecule has 36 heavy (non-hydrogen) atoms. The van der Waals surface area contributed by atoms with Crippen molar-refractivity contribution in [2.75, 3.05) is 21.7 Å². The van der Waals surface area contributed by atoms with Crippen molar-refractivity contribution < 1.29 is 40.9 Å². The van der Waals surface area contributed by atoms with Crippen molar-refractivity contribution in [2.24, 2.45) is 5.92 Å². The molecule has 3 N–H and O–H groups in total. The van der Waals surface area contributed by atoms with E-state index in [4.69, 9.17) is 34.8 Å².